The summed E-state index contributed by atoms with van der Waals surface area (Å²) in [6, 6.07) is 3.89. The van der Waals surface area contributed by atoms with E-state index in [9.17, 15) is 18.5 Å². The predicted molar refractivity (Wildman–Crippen MR) is 87.9 cm³/mol. The van der Waals surface area contributed by atoms with Crippen LogP contribution in [0.3, 0.4) is 0 Å². The molecule has 0 N–H and O–H groups in total. The average Bonchev–Trinajstić information content (AvgIpc) is 2.46. The van der Waals surface area contributed by atoms with Crippen molar-refractivity contribution in [1.29, 1.82) is 0 Å². The Bertz CT molecular complexity index is 680. The molecule has 7 nitrogen and oxygen atoms in total. The minimum atomic E-state index is -3.60. The molecule has 0 saturated carbocycles. The molecule has 0 bridgehead atoms. The van der Waals surface area contributed by atoms with Crippen LogP contribution in [0.15, 0.2) is 23.1 Å². The number of non-ortho nitro benzene ring substituents is 1. The number of nitrogens with zero attached hydrogens (tertiary/aromatic N) is 3. The van der Waals surface area contributed by atoms with Gasteiger partial charge in [0.25, 0.3) is 5.69 Å². The van der Waals surface area contributed by atoms with Crippen molar-refractivity contribution in [2.45, 2.75) is 25.7 Å². The number of piperazine rings is 1. The van der Waals surface area contributed by atoms with Gasteiger partial charge in [0.2, 0.25) is 10.0 Å². The predicted octanol–water partition coefficient (Wildman–Crippen LogP) is 1.87. The van der Waals surface area contributed by atoms with Gasteiger partial charge in [0.05, 0.1) is 9.82 Å². The van der Waals surface area contributed by atoms with E-state index in [1.807, 2.05) is 0 Å². The third-order valence-corrected chi connectivity index (χ3v) is 6.00. The third kappa shape index (κ3) is 4.07. The van der Waals surface area contributed by atoms with Gasteiger partial charge in [-0.3, -0.25) is 10.1 Å². The highest BCUT2D eigenvalue weighted by Crippen LogP contribution is 2.25. The van der Waals surface area contributed by atoms with Crippen molar-refractivity contribution in [1.82, 2.24) is 9.21 Å². The van der Waals surface area contributed by atoms with Gasteiger partial charge in [0.15, 0.2) is 0 Å². The molecule has 8 heteroatoms. The van der Waals surface area contributed by atoms with Gasteiger partial charge < -0.3 is 4.90 Å². The van der Waals surface area contributed by atoms with E-state index in [1.54, 1.807) is 6.92 Å². The zero-order valence-corrected chi connectivity index (χ0v) is 14.5. The molecule has 1 aliphatic heterocycles. The molecule has 128 valence electrons. The lowest BCUT2D eigenvalue weighted by molar-refractivity contribution is -0.385. The average molecular weight is 341 g/mol. The second-order valence-electron chi connectivity index (χ2n) is 6.31. The SMILES string of the molecule is Cc1cc([N+](=O)[O-])ccc1S(=O)(=O)N1CCN(CC(C)C)CC1. The normalized spacial score (nSPS) is 17.6. The van der Waals surface area contributed by atoms with E-state index in [4.69, 9.17) is 0 Å². The van der Waals surface area contributed by atoms with Crippen LogP contribution in [0, 0.1) is 23.0 Å². The van der Waals surface area contributed by atoms with Gasteiger partial charge in [-0.1, -0.05) is 13.8 Å². The second-order valence-corrected chi connectivity index (χ2v) is 8.21. The van der Waals surface area contributed by atoms with Crippen LogP contribution < -0.4 is 0 Å². The summed E-state index contributed by atoms with van der Waals surface area (Å²) in [6.07, 6.45) is 0. The Morgan fingerprint density at radius 1 is 1.22 bits per heavy atom. The fraction of sp³-hybridized carbons (Fsp3) is 0.600. The van der Waals surface area contributed by atoms with Crippen LogP contribution in [0.1, 0.15) is 19.4 Å². The molecule has 1 aliphatic rings. The Labute approximate surface area is 137 Å². The van der Waals surface area contributed by atoms with Crippen molar-refractivity contribution >= 4 is 15.7 Å². The van der Waals surface area contributed by atoms with Crippen LogP contribution >= 0.6 is 0 Å². The first-order chi connectivity index (χ1) is 10.7. The first-order valence-corrected chi connectivity index (χ1v) is 9.13. The zero-order chi connectivity index (χ0) is 17.2. The summed E-state index contributed by atoms with van der Waals surface area (Å²) in [4.78, 5) is 12.7. The zero-order valence-electron chi connectivity index (χ0n) is 13.7. The van der Waals surface area contributed by atoms with E-state index >= 15 is 0 Å². The molecule has 2 rings (SSSR count). The number of sulfonamides is 1. The van der Waals surface area contributed by atoms with Crippen molar-refractivity contribution < 1.29 is 13.3 Å². The molecule has 0 unspecified atom stereocenters. The minimum absolute atomic E-state index is 0.0943. The standard InChI is InChI=1S/C15H23N3O4S/c1-12(2)11-16-6-8-17(9-7-16)23(21,22)15-5-4-14(18(19)20)10-13(15)3/h4-5,10,12H,6-9,11H2,1-3H3. The molecule has 1 saturated heterocycles. The first kappa shape index (κ1) is 17.8. The second kappa shape index (κ2) is 6.94. The molecular formula is C15H23N3O4S. The van der Waals surface area contributed by atoms with E-state index in [0.29, 0.717) is 37.7 Å². The lowest BCUT2D eigenvalue weighted by Crippen LogP contribution is -2.49. The van der Waals surface area contributed by atoms with E-state index < -0.39 is 14.9 Å². The fourth-order valence-electron chi connectivity index (χ4n) is 2.84. The van der Waals surface area contributed by atoms with Gasteiger partial charge >= 0.3 is 0 Å². The van der Waals surface area contributed by atoms with Gasteiger partial charge in [-0.25, -0.2) is 8.42 Å². The number of hydrogen-bond donors (Lipinski definition) is 0. The van der Waals surface area contributed by atoms with Crippen molar-refractivity contribution in [3.8, 4) is 0 Å². The molecule has 23 heavy (non-hydrogen) atoms. The van der Waals surface area contributed by atoms with Crippen molar-refractivity contribution in [2.24, 2.45) is 5.92 Å². The quantitative estimate of drug-likeness (QED) is 0.603. The number of nitro groups is 1. The summed E-state index contributed by atoms with van der Waals surface area (Å²) in [6.45, 7) is 9.16. The summed E-state index contributed by atoms with van der Waals surface area (Å²) in [7, 11) is -3.60. The Kier molecular flexibility index (Phi) is 5.38. The number of benzene rings is 1. The molecule has 1 aromatic rings. The lowest BCUT2D eigenvalue weighted by Gasteiger charge is -2.35. The summed E-state index contributed by atoms with van der Waals surface area (Å²) >= 11 is 0. The Morgan fingerprint density at radius 2 is 1.83 bits per heavy atom. The molecular weight excluding hydrogens is 318 g/mol. The van der Waals surface area contributed by atoms with Crippen LogP contribution in [0.4, 0.5) is 5.69 Å². The van der Waals surface area contributed by atoms with E-state index in [0.717, 1.165) is 6.54 Å². The van der Waals surface area contributed by atoms with E-state index in [-0.39, 0.29) is 10.6 Å². The first-order valence-electron chi connectivity index (χ1n) is 7.69. The van der Waals surface area contributed by atoms with Gasteiger partial charge in [0.1, 0.15) is 0 Å². The smallest absolute Gasteiger partial charge is 0.269 e. The molecule has 1 aromatic carbocycles. The Morgan fingerprint density at radius 3 is 2.30 bits per heavy atom. The number of aryl methyl sites for hydroxylation is 1. The maximum absolute atomic E-state index is 12.8. The Balaban J connectivity index is 2.15. The summed E-state index contributed by atoms with van der Waals surface area (Å²) in [5, 5.41) is 10.8. The summed E-state index contributed by atoms with van der Waals surface area (Å²) in [5.41, 5.74) is 0.312. The van der Waals surface area contributed by atoms with Crippen molar-refractivity contribution in [3.63, 3.8) is 0 Å². The number of nitro benzene ring substituents is 1. The van der Waals surface area contributed by atoms with Crippen LogP contribution in [0.5, 0.6) is 0 Å². The molecule has 0 aliphatic carbocycles. The Hall–Kier alpha value is -1.51. The summed E-state index contributed by atoms with van der Waals surface area (Å²) < 4.78 is 27.0. The molecule has 0 aromatic heterocycles. The van der Waals surface area contributed by atoms with E-state index in [2.05, 4.69) is 18.7 Å². The highest BCUT2D eigenvalue weighted by atomic mass is 32.2. The van der Waals surface area contributed by atoms with Crippen molar-refractivity contribution in [3.05, 3.63) is 33.9 Å². The highest BCUT2D eigenvalue weighted by molar-refractivity contribution is 7.89. The van der Waals surface area contributed by atoms with Crippen LogP contribution in [0.2, 0.25) is 0 Å². The highest BCUT2D eigenvalue weighted by Gasteiger charge is 2.30. The van der Waals surface area contributed by atoms with Crippen molar-refractivity contribution in [2.75, 3.05) is 32.7 Å². The van der Waals surface area contributed by atoms with Gasteiger partial charge in [-0.05, 0) is 24.5 Å². The number of hydrogen-bond acceptors (Lipinski definition) is 5. The van der Waals surface area contributed by atoms with Gasteiger partial charge in [-0.15, -0.1) is 0 Å². The maximum atomic E-state index is 12.8. The molecule has 0 spiro atoms. The van der Waals surface area contributed by atoms with E-state index in [1.165, 1.54) is 22.5 Å². The third-order valence-electron chi connectivity index (χ3n) is 3.94. The van der Waals surface area contributed by atoms with Gasteiger partial charge in [0, 0.05) is 44.9 Å². The number of rotatable bonds is 5. The van der Waals surface area contributed by atoms with Crippen LogP contribution in [-0.2, 0) is 10.0 Å². The fourth-order valence-corrected chi connectivity index (χ4v) is 4.47. The maximum Gasteiger partial charge on any atom is 0.269 e. The molecule has 0 atom stereocenters. The lowest BCUT2D eigenvalue weighted by atomic mass is 10.2. The largest absolute Gasteiger partial charge is 0.300 e. The topological polar surface area (TPSA) is 83.8 Å². The molecule has 1 heterocycles. The monoisotopic (exact) mass is 341 g/mol. The van der Waals surface area contributed by atoms with Gasteiger partial charge in [-0.2, -0.15) is 4.31 Å². The molecule has 0 amide bonds. The van der Waals surface area contributed by atoms with Crippen LogP contribution in [-0.4, -0.2) is 55.3 Å². The molecule has 0 radical (unpaired) electrons. The summed E-state index contributed by atoms with van der Waals surface area (Å²) in [5.74, 6) is 0.551. The molecule has 1 fully saturated rings. The minimum Gasteiger partial charge on any atom is -0.300 e. The van der Waals surface area contributed by atoms with Crippen LogP contribution in [0.25, 0.3) is 0 Å².